The molecule has 0 aliphatic carbocycles. The number of rotatable bonds is 1. The third-order valence-corrected chi connectivity index (χ3v) is 2.20. The van der Waals surface area contributed by atoms with E-state index in [4.69, 9.17) is 11.6 Å². The number of fused-ring (bicyclic) bond motifs is 1. The summed E-state index contributed by atoms with van der Waals surface area (Å²) in [6.45, 7) is 4.50. The zero-order valence-corrected chi connectivity index (χ0v) is 7.64. The highest BCUT2D eigenvalue weighted by atomic mass is 35.5. The number of halogens is 1. The van der Waals surface area contributed by atoms with Crippen LogP contribution in [0.3, 0.4) is 0 Å². The Labute approximate surface area is 80.2 Å². The summed E-state index contributed by atoms with van der Waals surface area (Å²) in [5.74, 6) is -0.216. The van der Waals surface area contributed by atoms with Crippen LogP contribution in [-0.2, 0) is 17.9 Å². The van der Waals surface area contributed by atoms with Crippen molar-refractivity contribution in [1.29, 1.82) is 0 Å². The van der Waals surface area contributed by atoms with E-state index in [-0.39, 0.29) is 10.9 Å². The monoisotopic (exact) mass is 197 g/mol. The van der Waals surface area contributed by atoms with Crippen molar-refractivity contribution >= 4 is 17.5 Å². The average molecular weight is 198 g/mol. The van der Waals surface area contributed by atoms with Gasteiger partial charge in [-0.3, -0.25) is 9.89 Å². The number of nitrogens with zero attached hydrogens (tertiary/aromatic N) is 2. The molecule has 1 amide bonds. The van der Waals surface area contributed by atoms with Gasteiger partial charge in [-0.25, -0.2) is 0 Å². The number of amides is 1. The molecule has 13 heavy (non-hydrogen) atoms. The van der Waals surface area contributed by atoms with Gasteiger partial charge in [-0.1, -0.05) is 18.2 Å². The molecule has 1 N–H and O–H groups in total. The first-order valence-electron chi connectivity index (χ1n) is 3.83. The number of H-pyrrole nitrogens is 1. The van der Waals surface area contributed by atoms with Gasteiger partial charge in [-0.2, -0.15) is 5.10 Å². The molecule has 1 aromatic heterocycles. The van der Waals surface area contributed by atoms with Crippen LogP contribution in [-0.4, -0.2) is 21.0 Å². The molecule has 0 bridgehead atoms. The largest absolute Gasteiger partial charge is 0.328 e. The van der Waals surface area contributed by atoms with Gasteiger partial charge >= 0.3 is 0 Å². The molecule has 2 rings (SSSR count). The Morgan fingerprint density at radius 3 is 3.08 bits per heavy atom. The second kappa shape index (κ2) is 2.88. The second-order valence-electron chi connectivity index (χ2n) is 2.94. The molecule has 0 fully saturated rings. The van der Waals surface area contributed by atoms with Crippen molar-refractivity contribution in [2.24, 2.45) is 0 Å². The molecule has 5 heteroatoms. The van der Waals surface area contributed by atoms with Crippen LogP contribution in [0.5, 0.6) is 0 Å². The van der Waals surface area contributed by atoms with E-state index in [0.717, 1.165) is 11.3 Å². The van der Waals surface area contributed by atoms with E-state index in [2.05, 4.69) is 16.8 Å². The number of aromatic amines is 1. The zero-order valence-electron chi connectivity index (χ0n) is 6.88. The summed E-state index contributed by atoms with van der Waals surface area (Å²) in [6.07, 6.45) is 1.72. The Hall–Kier alpha value is -1.29. The molecule has 0 unspecified atom stereocenters. The molecule has 1 aromatic rings. The van der Waals surface area contributed by atoms with Gasteiger partial charge in [0.15, 0.2) is 0 Å². The summed E-state index contributed by atoms with van der Waals surface area (Å²) in [6, 6.07) is 0. The SMILES string of the molecule is C=C(Cl)C(=O)N1Cc2cn[nH]c2C1. The fourth-order valence-corrected chi connectivity index (χ4v) is 1.50. The highest BCUT2D eigenvalue weighted by molar-refractivity contribution is 6.41. The van der Waals surface area contributed by atoms with Crippen molar-refractivity contribution in [2.45, 2.75) is 13.1 Å². The van der Waals surface area contributed by atoms with Gasteiger partial charge < -0.3 is 4.90 Å². The van der Waals surface area contributed by atoms with Crippen molar-refractivity contribution in [3.05, 3.63) is 29.1 Å². The molecule has 2 heterocycles. The molecule has 4 nitrogen and oxygen atoms in total. The van der Waals surface area contributed by atoms with Crippen LogP contribution in [0.1, 0.15) is 11.3 Å². The van der Waals surface area contributed by atoms with Crippen molar-refractivity contribution in [2.75, 3.05) is 0 Å². The van der Waals surface area contributed by atoms with E-state index < -0.39 is 0 Å². The van der Waals surface area contributed by atoms with E-state index >= 15 is 0 Å². The lowest BCUT2D eigenvalue weighted by molar-refractivity contribution is -0.127. The number of aromatic nitrogens is 2. The predicted molar refractivity (Wildman–Crippen MR) is 47.8 cm³/mol. The zero-order chi connectivity index (χ0) is 9.42. The summed E-state index contributed by atoms with van der Waals surface area (Å²) in [5, 5.41) is 6.74. The van der Waals surface area contributed by atoms with Crippen molar-refractivity contribution < 1.29 is 4.79 Å². The van der Waals surface area contributed by atoms with Crippen LogP contribution in [0.25, 0.3) is 0 Å². The van der Waals surface area contributed by atoms with Gasteiger partial charge in [-0.05, 0) is 0 Å². The van der Waals surface area contributed by atoms with E-state index in [1.54, 1.807) is 11.1 Å². The van der Waals surface area contributed by atoms with Gasteiger partial charge in [0, 0.05) is 12.1 Å². The molecule has 1 aliphatic heterocycles. The molecule has 1 aliphatic rings. The smallest absolute Gasteiger partial charge is 0.265 e. The van der Waals surface area contributed by atoms with Gasteiger partial charge in [0.2, 0.25) is 0 Å². The predicted octanol–water partition coefficient (Wildman–Crippen LogP) is 1.00. The maximum Gasteiger partial charge on any atom is 0.265 e. The molecule has 68 valence electrons. The van der Waals surface area contributed by atoms with Crippen molar-refractivity contribution in [3.63, 3.8) is 0 Å². The molecule has 0 radical (unpaired) electrons. The minimum absolute atomic E-state index is 0.0538. The quantitative estimate of drug-likeness (QED) is 0.683. The van der Waals surface area contributed by atoms with E-state index in [1.807, 2.05) is 0 Å². The standard InChI is InChI=1S/C8H8ClN3O/c1-5(9)8(13)12-3-6-2-10-11-7(6)4-12/h2H,1,3-4H2,(H,10,11). The molecule has 0 atom stereocenters. The lowest BCUT2D eigenvalue weighted by Gasteiger charge is -2.13. The number of carbonyl (C=O) groups is 1. The Morgan fingerprint density at radius 1 is 1.69 bits per heavy atom. The summed E-state index contributed by atoms with van der Waals surface area (Å²) >= 11 is 5.51. The summed E-state index contributed by atoms with van der Waals surface area (Å²) in [5.41, 5.74) is 2.03. The first-order valence-corrected chi connectivity index (χ1v) is 4.21. The number of carbonyl (C=O) groups excluding carboxylic acids is 1. The highest BCUT2D eigenvalue weighted by Crippen LogP contribution is 2.21. The normalized spacial score (nSPS) is 14.4. The Morgan fingerprint density at radius 2 is 2.46 bits per heavy atom. The molecule has 0 saturated carbocycles. The van der Waals surface area contributed by atoms with Crippen LogP contribution in [0.2, 0.25) is 0 Å². The van der Waals surface area contributed by atoms with Crippen LogP contribution >= 0.6 is 11.6 Å². The summed E-state index contributed by atoms with van der Waals surface area (Å²) in [4.78, 5) is 13.0. The van der Waals surface area contributed by atoms with Crippen LogP contribution < -0.4 is 0 Å². The van der Waals surface area contributed by atoms with Crippen LogP contribution in [0, 0.1) is 0 Å². The number of hydrogen-bond donors (Lipinski definition) is 1. The van der Waals surface area contributed by atoms with E-state index in [1.165, 1.54) is 0 Å². The molecular formula is C8H8ClN3O. The lowest BCUT2D eigenvalue weighted by Crippen LogP contribution is -2.25. The molecule has 0 saturated heterocycles. The van der Waals surface area contributed by atoms with Gasteiger partial charge in [0.25, 0.3) is 5.91 Å². The highest BCUT2D eigenvalue weighted by Gasteiger charge is 2.25. The number of nitrogens with one attached hydrogen (secondary N) is 1. The Balaban J connectivity index is 2.14. The first kappa shape index (κ1) is 8.31. The summed E-state index contributed by atoms with van der Waals surface area (Å²) < 4.78 is 0. The number of hydrogen-bond acceptors (Lipinski definition) is 2. The lowest BCUT2D eigenvalue weighted by atomic mass is 10.3. The van der Waals surface area contributed by atoms with E-state index in [9.17, 15) is 4.79 Å². The first-order chi connectivity index (χ1) is 6.18. The van der Waals surface area contributed by atoms with Crippen LogP contribution in [0.4, 0.5) is 0 Å². The topological polar surface area (TPSA) is 49.0 Å². The minimum Gasteiger partial charge on any atom is -0.328 e. The Bertz CT molecular complexity index is 351. The van der Waals surface area contributed by atoms with Gasteiger partial charge in [0.05, 0.1) is 23.5 Å². The maximum absolute atomic E-state index is 11.4. The fraction of sp³-hybridized carbons (Fsp3) is 0.250. The van der Waals surface area contributed by atoms with Crippen molar-refractivity contribution in [1.82, 2.24) is 15.1 Å². The van der Waals surface area contributed by atoms with Gasteiger partial charge in [-0.15, -0.1) is 0 Å². The second-order valence-corrected chi connectivity index (χ2v) is 3.40. The molecule has 0 spiro atoms. The Kier molecular flexibility index (Phi) is 1.84. The third-order valence-electron chi connectivity index (χ3n) is 2.04. The van der Waals surface area contributed by atoms with Crippen molar-refractivity contribution in [3.8, 4) is 0 Å². The fourth-order valence-electron chi connectivity index (χ4n) is 1.38. The maximum atomic E-state index is 11.4. The van der Waals surface area contributed by atoms with E-state index in [0.29, 0.717) is 13.1 Å². The minimum atomic E-state index is -0.216. The van der Waals surface area contributed by atoms with Crippen LogP contribution in [0.15, 0.2) is 17.8 Å². The average Bonchev–Trinajstić information content (AvgIpc) is 2.59. The molecule has 0 aromatic carbocycles. The van der Waals surface area contributed by atoms with Gasteiger partial charge in [0.1, 0.15) is 0 Å². The molecular weight excluding hydrogens is 190 g/mol. The summed E-state index contributed by atoms with van der Waals surface area (Å²) in [7, 11) is 0. The third kappa shape index (κ3) is 1.33.